The Morgan fingerprint density at radius 2 is 1.84 bits per heavy atom. The van der Waals surface area contributed by atoms with E-state index in [9.17, 15) is 9.59 Å². The number of carbonyl (C=O) groups excluding carboxylic acids is 1. The number of amides is 2. The first kappa shape index (κ1) is 17.7. The largest absolute Gasteiger partial charge is 0.481 e. The quantitative estimate of drug-likeness (QED) is 0.622. The monoisotopic (exact) mass is 274 g/mol. The van der Waals surface area contributed by atoms with Crippen molar-refractivity contribution in [2.24, 2.45) is 0 Å². The minimum atomic E-state index is -0.899. The predicted molar refractivity (Wildman–Crippen MR) is 73.1 cm³/mol. The second-order valence-electron chi connectivity index (χ2n) is 4.72. The SMILES string of the molecule is CCN(C(=O)N(C)CCCCCO)C(C)CC(=O)O. The molecule has 112 valence electrons. The lowest BCUT2D eigenvalue weighted by Gasteiger charge is -2.31. The van der Waals surface area contributed by atoms with Gasteiger partial charge in [0.25, 0.3) is 0 Å². The molecule has 0 aliphatic rings. The summed E-state index contributed by atoms with van der Waals surface area (Å²) in [4.78, 5) is 26.0. The average Bonchev–Trinajstić information content (AvgIpc) is 2.34. The number of aliphatic hydroxyl groups excluding tert-OH is 1. The number of carbonyl (C=O) groups is 2. The molecule has 0 saturated heterocycles. The molecule has 0 heterocycles. The van der Waals surface area contributed by atoms with Crippen molar-refractivity contribution in [3.8, 4) is 0 Å². The molecule has 0 aliphatic heterocycles. The van der Waals surface area contributed by atoms with Gasteiger partial charge in [0.15, 0.2) is 0 Å². The molecular weight excluding hydrogens is 248 g/mol. The highest BCUT2D eigenvalue weighted by Gasteiger charge is 2.23. The summed E-state index contributed by atoms with van der Waals surface area (Å²) in [7, 11) is 1.72. The van der Waals surface area contributed by atoms with Crippen LogP contribution < -0.4 is 0 Å². The smallest absolute Gasteiger partial charge is 0.319 e. The van der Waals surface area contributed by atoms with Crippen molar-refractivity contribution in [2.75, 3.05) is 26.7 Å². The van der Waals surface area contributed by atoms with Gasteiger partial charge >= 0.3 is 12.0 Å². The van der Waals surface area contributed by atoms with E-state index in [0.717, 1.165) is 19.3 Å². The van der Waals surface area contributed by atoms with Crippen molar-refractivity contribution in [2.45, 2.75) is 45.6 Å². The number of hydrogen-bond donors (Lipinski definition) is 2. The third kappa shape index (κ3) is 7.00. The predicted octanol–water partition coefficient (Wildman–Crippen LogP) is 1.39. The van der Waals surface area contributed by atoms with Crippen LogP contribution in [0.1, 0.15) is 39.5 Å². The fourth-order valence-corrected chi connectivity index (χ4v) is 1.95. The molecule has 0 saturated carbocycles. The van der Waals surface area contributed by atoms with Crippen LogP contribution in [0.4, 0.5) is 4.79 Å². The summed E-state index contributed by atoms with van der Waals surface area (Å²) in [6.07, 6.45) is 2.42. The molecule has 0 rings (SSSR count). The summed E-state index contributed by atoms with van der Waals surface area (Å²) in [5.41, 5.74) is 0. The number of carboxylic acids is 1. The van der Waals surface area contributed by atoms with Crippen molar-refractivity contribution in [1.29, 1.82) is 0 Å². The van der Waals surface area contributed by atoms with Crippen molar-refractivity contribution in [3.05, 3.63) is 0 Å². The van der Waals surface area contributed by atoms with Crippen molar-refractivity contribution in [1.82, 2.24) is 9.80 Å². The maximum Gasteiger partial charge on any atom is 0.319 e. The molecule has 0 fully saturated rings. The molecule has 0 spiro atoms. The summed E-state index contributed by atoms with van der Waals surface area (Å²) in [6.45, 7) is 4.88. The van der Waals surface area contributed by atoms with Gasteiger partial charge in [0.1, 0.15) is 0 Å². The number of unbranched alkanes of at least 4 members (excludes halogenated alkanes) is 2. The number of aliphatic carboxylic acids is 1. The van der Waals surface area contributed by atoms with Gasteiger partial charge in [-0.3, -0.25) is 4.79 Å². The molecule has 0 bridgehead atoms. The van der Waals surface area contributed by atoms with Crippen LogP contribution in [0.5, 0.6) is 0 Å². The van der Waals surface area contributed by atoms with E-state index in [1.807, 2.05) is 6.92 Å². The second-order valence-corrected chi connectivity index (χ2v) is 4.72. The van der Waals surface area contributed by atoms with Crippen LogP contribution in [0.2, 0.25) is 0 Å². The molecule has 1 unspecified atom stereocenters. The van der Waals surface area contributed by atoms with Crippen LogP contribution in [0.25, 0.3) is 0 Å². The fourth-order valence-electron chi connectivity index (χ4n) is 1.95. The zero-order chi connectivity index (χ0) is 14.8. The summed E-state index contributed by atoms with van der Waals surface area (Å²) in [5.74, 6) is -0.899. The van der Waals surface area contributed by atoms with E-state index >= 15 is 0 Å². The van der Waals surface area contributed by atoms with Crippen molar-refractivity contribution >= 4 is 12.0 Å². The Hall–Kier alpha value is -1.30. The van der Waals surface area contributed by atoms with Crippen LogP contribution in [0, 0.1) is 0 Å². The van der Waals surface area contributed by atoms with Crippen LogP contribution in [-0.2, 0) is 4.79 Å². The van der Waals surface area contributed by atoms with Crippen LogP contribution >= 0.6 is 0 Å². The number of rotatable bonds is 9. The van der Waals surface area contributed by atoms with Gasteiger partial charge in [-0.1, -0.05) is 0 Å². The highest BCUT2D eigenvalue weighted by molar-refractivity contribution is 5.75. The molecule has 19 heavy (non-hydrogen) atoms. The van der Waals surface area contributed by atoms with E-state index in [1.165, 1.54) is 0 Å². The minimum Gasteiger partial charge on any atom is -0.481 e. The van der Waals surface area contributed by atoms with Crippen LogP contribution in [0.15, 0.2) is 0 Å². The zero-order valence-electron chi connectivity index (χ0n) is 12.1. The normalized spacial score (nSPS) is 12.0. The molecule has 2 amide bonds. The maximum atomic E-state index is 12.2. The molecule has 0 aliphatic carbocycles. The Morgan fingerprint density at radius 1 is 1.21 bits per heavy atom. The first-order valence-corrected chi connectivity index (χ1v) is 6.78. The molecule has 6 nitrogen and oxygen atoms in total. The molecular formula is C13H26N2O4. The average molecular weight is 274 g/mol. The van der Waals surface area contributed by atoms with Gasteiger partial charge in [-0.05, 0) is 33.1 Å². The highest BCUT2D eigenvalue weighted by Crippen LogP contribution is 2.08. The van der Waals surface area contributed by atoms with Crippen LogP contribution in [-0.4, -0.2) is 64.8 Å². The fraction of sp³-hybridized carbons (Fsp3) is 0.846. The molecule has 0 aromatic carbocycles. The maximum absolute atomic E-state index is 12.2. The first-order chi connectivity index (χ1) is 8.93. The van der Waals surface area contributed by atoms with Gasteiger partial charge in [-0.15, -0.1) is 0 Å². The summed E-state index contributed by atoms with van der Waals surface area (Å²) < 4.78 is 0. The Morgan fingerprint density at radius 3 is 2.32 bits per heavy atom. The highest BCUT2D eigenvalue weighted by atomic mass is 16.4. The van der Waals surface area contributed by atoms with Crippen LogP contribution in [0.3, 0.4) is 0 Å². The number of nitrogens with zero attached hydrogens (tertiary/aromatic N) is 2. The van der Waals surface area contributed by atoms with Crippen molar-refractivity contribution in [3.63, 3.8) is 0 Å². The van der Waals surface area contributed by atoms with E-state index in [0.29, 0.717) is 13.1 Å². The summed E-state index contributed by atoms with van der Waals surface area (Å²) >= 11 is 0. The Bertz CT molecular complexity index is 284. The van der Waals surface area contributed by atoms with Gasteiger partial charge in [-0.2, -0.15) is 0 Å². The third-order valence-electron chi connectivity index (χ3n) is 3.07. The number of hydrogen-bond acceptors (Lipinski definition) is 3. The lowest BCUT2D eigenvalue weighted by molar-refractivity contribution is -0.138. The topological polar surface area (TPSA) is 81.1 Å². The van der Waals surface area contributed by atoms with Gasteiger partial charge in [-0.25, -0.2) is 4.79 Å². The van der Waals surface area contributed by atoms with Gasteiger partial charge in [0.2, 0.25) is 0 Å². The standard InChI is InChI=1S/C13H26N2O4/c1-4-15(11(2)10-12(17)18)13(19)14(3)8-6-5-7-9-16/h11,16H,4-10H2,1-3H3,(H,17,18). The number of aliphatic hydroxyl groups is 1. The summed E-state index contributed by atoms with van der Waals surface area (Å²) in [5, 5.41) is 17.5. The third-order valence-corrected chi connectivity index (χ3v) is 3.07. The molecule has 6 heteroatoms. The summed E-state index contributed by atoms with van der Waals surface area (Å²) in [6, 6.07) is -0.449. The zero-order valence-corrected chi connectivity index (χ0v) is 12.1. The van der Waals surface area contributed by atoms with Crippen molar-refractivity contribution < 1.29 is 19.8 Å². The molecule has 0 aromatic rings. The number of carboxylic acid groups (broad SMARTS) is 1. The first-order valence-electron chi connectivity index (χ1n) is 6.78. The Balaban J connectivity index is 4.28. The lowest BCUT2D eigenvalue weighted by Crippen LogP contribution is -2.46. The van der Waals surface area contributed by atoms with E-state index < -0.39 is 5.97 Å². The second kappa shape index (κ2) is 9.61. The molecule has 0 aromatic heterocycles. The molecule has 1 atom stereocenters. The lowest BCUT2D eigenvalue weighted by atomic mass is 10.2. The van der Waals surface area contributed by atoms with E-state index in [-0.39, 0.29) is 25.1 Å². The van der Waals surface area contributed by atoms with Gasteiger partial charge in [0, 0.05) is 32.8 Å². The molecule has 0 radical (unpaired) electrons. The minimum absolute atomic E-state index is 0.0437. The van der Waals surface area contributed by atoms with E-state index in [2.05, 4.69) is 0 Å². The van der Waals surface area contributed by atoms with E-state index in [4.69, 9.17) is 10.2 Å². The Kier molecular flexibility index (Phi) is 8.95. The Labute approximate surface area is 115 Å². The van der Waals surface area contributed by atoms with E-state index in [1.54, 1.807) is 23.8 Å². The van der Waals surface area contributed by atoms with Gasteiger partial charge < -0.3 is 20.0 Å². The number of urea groups is 1. The molecule has 2 N–H and O–H groups in total. The van der Waals surface area contributed by atoms with Gasteiger partial charge in [0.05, 0.1) is 6.42 Å².